The van der Waals surface area contributed by atoms with E-state index >= 15 is 0 Å². The molecule has 0 aliphatic carbocycles. The Balaban J connectivity index is 1.72. The zero-order chi connectivity index (χ0) is 21.7. The number of sulfonamides is 1. The van der Waals surface area contributed by atoms with Gasteiger partial charge in [0.1, 0.15) is 5.76 Å². The summed E-state index contributed by atoms with van der Waals surface area (Å²) in [7, 11) is -2.18. The predicted molar refractivity (Wildman–Crippen MR) is 113 cm³/mol. The molecule has 0 radical (unpaired) electrons. The molecule has 0 fully saturated rings. The number of nitrogens with zero attached hydrogens (tertiary/aromatic N) is 1. The van der Waals surface area contributed by atoms with Gasteiger partial charge in [-0.3, -0.25) is 4.79 Å². The third kappa shape index (κ3) is 5.12. The topological polar surface area (TPSA) is 111 Å². The van der Waals surface area contributed by atoms with Crippen LogP contribution in [0.2, 0.25) is 0 Å². The van der Waals surface area contributed by atoms with Gasteiger partial charge in [-0.25, -0.2) is 18.1 Å². The molecule has 0 bridgehead atoms. The van der Waals surface area contributed by atoms with E-state index in [9.17, 15) is 13.2 Å². The first-order chi connectivity index (χ1) is 14.3. The van der Waals surface area contributed by atoms with Crippen molar-refractivity contribution in [1.82, 2.24) is 9.71 Å². The number of aryl methyl sites for hydroxylation is 1. The predicted octanol–water partition coefficient (Wildman–Crippen LogP) is 3.22. The van der Waals surface area contributed by atoms with Gasteiger partial charge in [0.2, 0.25) is 15.9 Å². The number of methoxy groups -OCH3 is 1. The lowest BCUT2D eigenvalue weighted by Gasteiger charge is -2.13. The molecule has 3 rings (SSSR count). The molecule has 1 atom stereocenters. The fourth-order valence-electron chi connectivity index (χ4n) is 2.84. The second kappa shape index (κ2) is 9.21. The van der Waals surface area contributed by atoms with E-state index in [1.807, 2.05) is 30.3 Å². The minimum absolute atomic E-state index is 0.0902. The summed E-state index contributed by atoms with van der Waals surface area (Å²) >= 11 is 0. The first kappa shape index (κ1) is 21.7. The van der Waals surface area contributed by atoms with E-state index in [1.165, 1.54) is 31.4 Å². The Morgan fingerprint density at radius 1 is 1.13 bits per heavy atom. The highest BCUT2D eigenvalue weighted by Crippen LogP contribution is 2.22. The molecule has 0 saturated carbocycles. The molecule has 2 aromatic carbocycles. The summed E-state index contributed by atoms with van der Waals surface area (Å²) in [5.41, 5.74) is 1.37. The number of amides is 1. The van der Waals surface area contributed by atoms with Crippen LogP contribution in [0.3, 0.4) is 0 Å². The van der Waals surface area contributed by atoms with Gasteiger partial charge >= 0.3 is 0 Å². The first-order valence-electron chi connectivity index (χ1n) is 9.25. The maximum Gasteiger partial charge on any atom is 0.277 e. The van der Waals surface area contributed by atoms with Crippen LogP contribution in [0, 0.1) is 6.92 Å². The number of oxazole rings is 1. The second-order valence-electron chi connectivity index (χ2n) is 6.75. The molecule has 2 N–H and O–H groups in total. The molecule has 158 valence electrons. The molecule has 0 aliphatic heterocycles. The first-order valence-corrected chi connectivity index (χ1v) is 10.7. The van der Waals surface area contributed by atoms with Crippen LogP contribution in [0.25, 0.3) is 11.5 Å². The average Bonchev–Trinajstić information content (AvgIpc) is 3.11. The van der Waals surface area contributed by atoms with Crippen LogP contribution in [-0.4, -0.2) is 39.1 Å². The van der Waals surface area contributed by atoms with Crippen molar-refractivity contribution in [3.8, 4) is 11.5 Å². The maximum absolute atomic E-state index is 12.6. The lowest BCUT2D eigenvalue weighted by Crippen LogP contribution is -2.35. The Kier molecular flexibility index (Phi) is 6.66. The van der Waals surface area contributed by atoms with Gasteiger partial charge in [-0.05, 0) is 50.2 Å². The SMILES string of the molecule is COCC(C)NS(=O)(=O)c1ccc(NC(=O)c2nc(-c3ccccc3)oc2C)cc1. The van der Waals surface area contributed by atoms with Crippen LogP contribution in [0.1, 0.15) is 23.2 Å². The zero-order valence-electron chi connectivity index (χ0n) is 16.9. The Bertz CT molecular complexity index is 1110. The molecule has 0 aliphatic rings. The lowest BCUT2D eigenvalue weighted by atomic mass is 10.2. The van der Waals surface area contributed by atoms with E-state index in [1.54, 1.807) is 13.8 Å². The summed E-state index contributed by atoms with van der Waals surface area (Å²) < 4.78 is 37.8. The van der Waals surface area contributed by atoms with Crippen molar-refractivity contribution in [2.75, 3.05) is 19.0 Å². The number of ether oxygens (including phenoxy) is 1. The Morgan fingerprint density at radius 2 is 1.80 bits per heavy atom. The van der Waals surface area contributed by atoms with E-state index < -0.39 is 15.9 Å². The Hall–Kier alpha value is -3.01. The van der Waals surface area contributed by atoms with Gasteiger partial charge in [0.15, 0.2) is 5.69 Å². The molecule has 3 aromatic rings. The van der Waals surface area contributed by atoms with Crippen LogP contribution in [0.5, 0.6) is 0 Å². The van der Waals surface area contributed by atoms with Crippen molar-refractivity contribution in [1.29, 1.82) is 0 Å². The molecular weight excluding hydrogens is 406 g/mol. The summed E-state index contributed by atoms with van der Waals surface area (Å²) in [4.78, 5) is 17.0. The van der Waals surface area contributed by atoms with Crippen molar-refractivity contribution in [3.63, 3.8) is 0 Å². The third-order valence-corrected chi connectivity index (χ3v) is 5.83. The smallest absolute Gasteiger partial charge is 0.277 e. The zero-order valence-corrected chi connectivity index (χ0v) is 17.7. The summed E-state index contributed by atoms with van der Waals surface area (Å²) in [6.07, 6.45) is 0. The molecule has 1 aromatic heterocycles. The standard InChI is InChI=1S/C21H23N3O5S/c1-14(13-28-3)24-30(26,27)18-11-9-17(10-12-18)22-20(25)19-15(2)29-21(23-19)16-7-5-4-6-8-16/h4-12,14,24H,13H2,1-3H3,(H,22,25). The van der Waals surface area contributed by atoms with Crippen LogP contribution in [-0.2, 0) is 14.8 Å². The van der Waals surface area contributed by atoms with E-state index in [4.69, 9.17) is 9.15 Å². The summed E-state index contributed by atoms with van der Waals surface area (Å²) in [6, 6.07) is 14.8. The molecular formula is C21H23N3O5S. The van der Waals surface area contributed by atoms with E-state index in [-0.39, 0.29) is 23.2 Å². The van der Waals surface area contributed by atoms with Gasteiger partial charge in [-0.15, -0.1) is 0 Å². The Labute approximate surface area is 175 Å². The molecule has 1 unspecified atom stereocenters. The second-order valence-corrected chi connectivity index (χ2v) is 8.46. The van der Waals surface area contributed by atoms with E-state index in [0.29, 0.717) is 17.3 Å². The summed E-state index contributed by atoms with van der Waals surface area (Å²) in [6.45, 7) is 3.63. The molecule has 0 spiro atoms. The number of hydrogen-bond acceptors (Lipinski definition) is 6. The van der Waals surface area contributed by atoms with Gasteiger partial charge in [-0.2, -0.15) is 0 Å². The van der Waals surface area contributed by atoms with Crippen LogP contribution in [0.15, 0.2) is 63.9 Å². The monoisotopic (exact) mass is 429 g/mol. The minimum Gasteiger partial charge on any atom is -0.441 e. The van der Waals surface area contributed by atoms with Crippen molar-refractivity contribution < 1.29 is 22.4 Å². The Morgan fingerprint density at radius 3 is 2.43 bits per heavy atom. The maximum atomic E-state index is 12.6. The van der Waals surface area contributed by atoms with E-state index in [2.05, 4.69) is 15.0 Å². The van der Waals surface area contributed by atoms with Crippen molar-refractivity contribution in [2.45, 2.75) is 24.8 Å². The molecule has 1 amide bonds. The number of hydrogen-bond donors (Lipinski definition) is 2. The normalized spacial score (nSPS) is 12.5. The number of anilines is 1. The fraction of sp³-hybridized carbons (Fsp3) is 0.238. The fourth-order valence-corrected chi connectivity index (χ4v) is 4.06. The van der Waals surface area contributed by atoms with Crippen LogP contribution in [0.4, 0.5) is 5.69 Å². The number of carbonyl (C=O) groups excluding carboxylic acids is 1. The molecule has 8 nitrogen and oxygen atoms in total. The molecule has 1 heterocycles. The highest BCUT2D eigenvalue weighted by molar-refractivity contribution is 7.89. The third-order valence-electron chi connectivity index (χ3n) is 4.23. The highest BCUT2D eigenvalue weighted by Gasteiger charge is 2.20. The minimum atomic E-state index is -3.68. The van der Waals surface area contributed by atoms with Gasteiger partial charge in [0.05, 0.1) is 11.5 Å². The largest absolute Gasteiger partial charge is 0.441 e. The van der Waals surface area contributed by atoms with Crippen LogP contribution < -0.4 is 10.0 Å². The quantitative estimate of drug-likeness (QED) is 0.569. The van der Waals surface area contributed by atoms with Crippen molar-refractivity contribution in [2.24, 2.45) is 0 Å². The van der Waals surface area contributed by atoms with Gasteiger partial charge < -0.3 is 14.5 Å². The van der Waals surface area contributed by atoms with Gasteiger partial charge in [0, 0.05) is 24.4 Å². The summed E-state index contributed by atoms with van der Waals surface area (Å²) in [5, 5.41) is 2.71. The van der Waals surface area contributed by atoms with E-state index in [0.717, 1.165) is 5.56 Å². The number of nitrogens with one attached hydrogen (secondary N) is 2. The number of aromatic nitrogens is 1. The number of rotatable bonds is 8. The summed E-state index contributed by atoms with van der Waals surface area (Å²) in [5.74, 6) is 0.304. The molecule has 0 saturated heterocycles. The van der Waals surface area contributed by atoms with Crippen LogP contribution >= 0.6 is 0 Å². The molecule has 30 heavy (non-hydrogen) atoms. The van der Waals surface area contributed by atoms with Gasteiger partial charge in [-0.1, -0.05) is 18.2 Å². The van der Waals surface area contributed by atoms with Crippen molar-refractivity contribution >= 4 is 21.6 Å². The highest BCUT2D eigenvalue weighted by atomic mass is 32.2. The number of benzene rings is 2. The van der Waals surface area contributed by atoms with Crippen molar-refractivity contribution in [3.05, 3.63) is 66.1 Å². The number of carbonyl (C=O) groups is 1. The average molecular weight is 429 g/mol. The van der Waals surface area contributed by atoms with Gasteiger partial charge in [0.25, 0.3) is 5.91 Å². The molecule has 9 heteroatoms. The lowest BCUT2D eigenvalue weighted by molar-refractivity contribution is 0.102.